The standard InChI is InChI=1S/C24H19N5O3/c1-15-23(30)27-20-12-17(9-10-21(20)32-15)26-24(31)19-14-29(18-7-3-2-4-8-18)28-22(19)16-6-5-11-25-13-16/h2-15H,1H3,(H,26,31)(H,27,30)/t15-/m0/s1. The highest BCUT2D eigenvalue weighted by atomic mass is 16.5. The number of ether oxygens (including phenoxy) is 1. The van der Waals surface area contributed by atoms with Gasteiger partial charge >= 0.3 is 0 Å². The number of rotatable bonds is 4. The topological polar surface area (TPSA) is 98.1 Å². The molecule has 158 valence electrons. The monoisotopic (exact) mass is 425 g/mol. The normalized spacial score (nSPS) is 14.8. The quantitative estimate of drug-likeness (QED) is 0.517. The first-order chi connectivity index (χ1) is 15.6. The van der Waals surface area contributed by atoms with Gasteiger partial charge in [0.2, 0.25) is 0 Å². The van der Waals surface area contributed by atoms with Gasteiger partial charge in [0.25, 0.3) is 11.8 Å². The highest BCUT2D eigenvalue weighted by Gasteiger charge is 2.24. The van der Waals surface area contributed by atoms with Crippen molar-refractivity contribution in [3.8, 4) is 22.7 Å². The second kappa shape index (κ2) is 7.99. The maximum atomic E-state index is 13.2. The summed E-state index contributed by atoms with van der Waals surface area (Å²) in [5, 5.41) is 10.3. The molecule has 1 aliphatic heterocycles. The van der Waals surface area contributed by atoms with Crippen molar-refractivity contribution < 1.29 is 14.3 Å². The van der Waals surface area contributed by atoms with Crippen LogP contribution in [0.1, 0.15) is 17.3 Å². The van der Waals surface area contributed by atoms with E-state index in [4.69, 9.17) is 4.74 Å². The first kappa shape index (κ1) is 19.5. The smallest absolute Gasteiger partial charge is 0.265 e. The van der Waals surface area contributed by atoms with E-state index in [-0.39, 0.29) is 11.8 Å². The average Bonchev–Trinajstić information content (AvgIpc) is 3.27. The number of hydrogen-bond donors (Lipinski definition) is 2. The van der Waals surface area contributed by atoms with E-state index in [0.717, 1.165) is 11.3 Å². The molecule has 2 amide bonds. The number of pyridine rings is 1. The molecule has 0 saturated carbocycles. The number of para-hydroxylation sites is 1. The van der Waals surface area contributed by atoms with Gasteiger partial charge in [0.15, 0.2) is 6.10 Å². The number of amides is 2. The van der Waals surface area contributed by atoms with Crippen LogP contribution in [-0.4, -0.2) is 32.7 Å². The van der Waals surface area contributed by atoms with E-state index in [0.29, 0.717) is 28.4 Å². The zero-order valence-electron chi connectivity index (χ0n) is 17.1. The van der Waals surface area contributed by atoms with E-state index in [1.807, 2.05) is 36.4 Å². The molecular weight excluding hydrogens is 406 g/mol. The zero-order valence-corrected chi connectivity index (χ0v) is 17.1. The zero-order chi connectivity index (χ0) is 22.1. The fourth-order valence-electron chi connectivity index (χ4n) is 3.45. The first-order valence-corrected chi connectivity index (χ1v) is 10.1. The summed E-state index contributed by atoms with van der Waals surface area (Å²) in [6.45, 7) is 1.68. The molecule has 2 N–H and O–H groups in total. The van der Waals surface area contributed by atoms with E-state index in [9.17, 15) is 9.59 Å². The molecule has 0 saturated heterocycles. The van der Waals surface area contributed by atoms with Crippen LogP contribution in [0.3, 0.4) is 0 Å². The van der Waals surface area contributed by atoms with Crippen molar-refractivity contribution >= 4 is 23.2 Å². The first-order valence-electron chi connectivity index (χ1n) is 10.1. The Bertz CT molecular complexity index is 1300. The Kier molecular flexibility index (Phi) is 4.87. The summed E-state index contributed by atoms with van der Waals surface area (Å²) in [7, 11) is 0. The Morgan fingerprint density at radius 2 is 1.97 bits per heavy atom. The predicted octanol–water partition coefficient (Wildman–Crippen LogP) is 3.91. The van der Waals surface area contributed by atoms with E-state index in [1.165, 1.54) is 0 Å². The molecule has 0 bridgehead atoms. The number of nitrogens with one attached hydrogen (secondary N) is 2. The fourth-order valence-corrected chi connectivity index (χ4v) is 3.45. The summed E-state index contributed by atoms with van der Waals surface area (Å²) in [5.74, 6) is -0.00516. The molecule has 8 heteroatoms. The maximum Gasteiger partial charge on any atom is 0.265 e. The van der Waals surface area contributed by atoms with Crippen molar-refractivity contribution in [2.24, 2.45) is 0 Å². The van der Waals surface area contributed by atoms with Crippen molar-refractivity contribution in [1.29, 1.82) is 0 Å². The Labute approximate surface area is 183 Å². The molecule has 4 aromatic rings. The van der Waals surface area contributed by atoms with E-state index >= 15 is 0 Å². The van der Waals surface area contributed by atoms with Gasteiger partial charge < -0.3 is 15.4 Å². The Hall–Kier alpha value is -4.46. The number of aromatic nitrogens is 3. The Morgan fingerprint density at radius 3 is 2.75 bits per heavy atom. The highest BCUT2D eigenvalue weighted by Crippen LogP contribution is 2.32. The fraction of sp³-hybridized carbons (Fsp3) is 0.0833. The van der Waals surface area contributed by atoms with Crippen LogP contribution in [0.15, 0.2) is 79.3 Å². The molecule has 5 rings (SSSR count). The molecule has 3 heterocycles. The van der Waals surface area contributed by atoms with Gasteiger partial charge in [-0.15, -0.1) is 0 Å². The number of fused-ring (bicyclic) bond motifs is 1. The summed E-state index contributed by atoms with van der Waals surface area (Å²) in [4.78, 5) is 29.3. The van der Waals surface area contributed by atoms with Gasteiger partial charge in [-0.1, -0.05) is 18.2 Å². The number of benzene rings is 2. The highest BCUT2D eigenvalue weighted by molar-refractivity contribution is 6.08. The molecule has 0 radical (unpaired) electrons. The summed E-state index contributed by atoms with van der Waals surface area (Å²) < 4.78 is 7.24. The molecule has 0 aliphatic carbocycles. The van der Waals surface area contributed by atoms with Gasteiger partial charge in [-0.2, -0.15) is 5.10 Å². The van der Waals surface area contributed by atoms with Crippen LogP contribution in [0.4, 0.5) is 11.4 Å². The van der Waals surface area contributed by atoms with Crippen molar-refractivity contribution in [3.63, 3.8) is 0 Å². The lowest BCUT2D eigenvalue weighted by molar-refractivity contribution is -0.122. The lowest BCUT2D eigenvalue weighted by Gasteiger charge is -2.23. The van der Waals surface area contributed by atoms with Crippen molar-refractivity contribution in [2.75, 3.05) is 10.6 Å². The number of carbonyl (C=O) groups is 2. The minimum atomic E-state index is -0.561. The minimum Gasteiger partial charge on any atom is -0.479 e. The van der Waals surface area contributed by atoms with Crippen LogP contribution in [0.5, 0.6) is 5.75 Å². The number of anilines is 2. The SMILES string of the molecule is C[C@@H]1Oc2ccc(NC(=O)c3cn(-c4ccccc4)nc3-c3cccnc3)cc2NC1=O. The number of nitrogens with zero attached hydrogens (tertiary/aromatic N) is 3. The number of carbonyl (C=O) groups excluding carboxylic acids is 2. The third-order valence-corrected chi connectivity index (χ3v) is 5.08. The maximum absolute atomic E-state index is 13.2. The molecule has 0 unspecified atom stereocenters. The molecular formula is C24H19N5O3. The summed E-state index contributed by atoms with van der Waals surface area (Å²) in [5.41, 5.74) is 3.51. The van der Waals surface area contributed by atoms with Crippen molar-refractivity contribution in [2.45, 2.75) is 13.0 Å². The molecule has 0 fully saturated rings. The molecule has 32 heavy (non-hydrogen) atoms. The summed E-state index contributed by atoms with van der Waals surface area (Å²) in [6, 6.07) is 18.3. The third kappa shape index (κ3) is 3.69. The van der Waals surface area contributed by atoms with Gasteiger partial charge in [0, 0.05) is 29.8 Å². The molecule has 1 atom stereocenters. The summed E-state index contributed by atoms with van der Waals surface area (Å²) >= 11 is 0. The molecule has 2 aromatic carbocycles. The van der Waals surface area contributed by atoms with Crippen LogP contribution in [0.25, 0.3) is 16.9 Å². The van der Waals surface area contributed by atoms with Gasteiger partial charge in [0.05, 0.1) is 16.9 Å². The average molecular weight is 425 g/mol. The largest absolute Gasteiger partial charge is 0.479 e. The van der Waals surface area contributed by atoms with Crippen LogP contribution < -0.4 is 15.4 Å². The van der Waals surface area contributed by atoms with E-state index in [2.05, 4.69) is 20.7 Å². The lowest BCUT2D eigenvalue weighted by Crippen LogP contribution is -2.34. The minimum absolute atomic E-state index is 0.232. The van der Waals surface area contributed by atoms with Crippen LogP contribution in [0.2, 0.25) is 0 Å². The molecule has 0 spiro atoms. The third-order valence-electron chi connectivity index (χ3n) is 5.08. The van der Waals surface area contributed by atoms with Crippen LogP contribution >= 0.6 is 0 Å². The van der Waals surface area contributed by atoms with E-state index in [1.54, 1.807) is 54.5 Å². The molecule has 1 aliphatic rings. The molecule has 2 aromatic heterocycles. The van der Waals surface area contributed by atoms with Gasteiger partial charge in [0.1, 0.15) is 11.4 Å². The molecule has 8 nitrogen and oxygen atoms in total. The lowest BCUT2D eigenvalue weighted by atomic mass is 10.1. The Balaban J connectivity index is 1.49. The van der Waals surface area contributed by atoms with Gasteiger partial charge in [-0.3, -0.25) is 14.6 Å². The van der Waals surface area contributed by atoms with Gasteiger partial charge in [-0.05, 0) is 49.4 Å². The van der Waals surface area contributed by atoms with E-state index < -0.39 is 6.10 Å². The second-order valence-corrected chi connectivity index (χ2v) is 7.33. The van der Waals surface area contributed by atoms with Crippen LogP contribution in [-0.2, 0) is 4.79 Å². The van der Waals surface area contributed by atoms with Crippen molar-refractivity contribution in [1.82, 2.24) is 14.8 Å². The predicted molar refractivity (Wildman–Crippen MR) is 120 cm³/mol. The Morgan fingerprint density at radius 1 is 1.12 bits per heavy atom. The van der Waals surface area contributed by atoms with Crippen molar-refractivity contribution in [3.05, 3.63) is 84.8 Å². The summed E-state index contributed by atoms with van der Waals surface area (Å²) in [6.07, 6.45) is 4.47. The second-order valence-electron chi connectivity index (χ2n) is 7.33. The van der Waals surface area contributed by atoms with Gasteiger partial charge in [-0.25, -0.2) is 4.68 Å². The van der Waals surface area contributed by atoms with Crippen LogP contribution in [0, 0.1) is 0 Å². The number of hydrogen-bond acceptors (Lipinski definition) is 5.